The van der Waals surface area contributed by atoms with Crippen molar-refractivity contribution in [3.63, 3.8) is 0 Å². The van der Waals surface area contributed by atoms with E-state index in [0.29, 0.717) is 23.6 Å². The largest absolute Gasteiger partial charge is 0.493 e. The molecule has 0 heterocycles. The predicted molar refractivity (Wildman–Crippen MR) is 81.9 cm³/mol. The van der Waals surface area contributed by atoms with E-state index >= 15 is 0 Å². The smallest absolute Gasteiger partial charge is 0.251 e. The zero-order valence-corrected chi connectivity index (χ0v) is 12.8. The fourth-order valence-electron chi connectivity index (χ4n) is 2.09. The molecule has 5 heteroatoms. The first-order valence-electron chi connectivity index (χ1n) is 6.80. The Morgan fingerprint density at radius 1 is 1.09 bits per heavy atom. The standard InChI is InChI=1S/C17H18FNO3/c1-11-8-15(21-2)16(22-3)9-13(11)10-19-17(20)12-4-6-14(18)7-5-12/h4-9H,10H2,1-3H3,(H,19,20). The molecule has 4 nitrogen and oxygen atoms in total. The molecular weight excluding hydrogens is 285 g/mol. The number of rotatable bonds is 5. The maximum absolute atomic E-state index is 12.9. The van der Waals surface area contributed by atoms with E-state index in [1.807, 2.05) is 19.1 Å². The van der Waals surface area contributed by atoms with Gasteiger partial charge < -0.3 is 14.8 Å². The zero-order valence-electron chi connectivity index (χ0n) is 12.8. The Morgan fingerprint density at radius 2 is 1.68 bits per heavy atom. The van der Waals surface area contributed by atoms with Crippen LogP contribution in [-0.2, 0) is 6.54 Å². The van der Waals surface area contributed by atoms with E-state index < -0.39 is 0 Å². The summed E-state index contributed by atoms with van der Waals surface area (Å²) >= 11 is 0. The summed E-state index contributed by atoms with van der Waals surface area (Å²) in [6.07, 6.45) is 0. The van der Waals surface area contributed by atoms with Crippen LogP contribution in [0.2, 0.25) is 0 Å². The third kappa shape index (κ3) is 3.55. The van der Waals surface area contributed by atoms with E-state index in [0.717, 1.165) is 11.1 Å². The first kappa shape index (κ1) is 15.8. The molecule has 0 unspecified atom stereocenters. The van der Waals surface area contributed by atoms with E-state index in [2.05, 4.69) is 5.32 Å². The second-order valence-corrected chi connectivity index (χ2v) is 4.82. The van der Waals surface area contributed by atoms with E-state index in [1.54, 1.807) is 14.2 Å². The van der Waals surface area contributed by atoms with Crippen molar-refractivity contribution >= 4 is 5.91 Å². The summed E-state index contributed by atoms with van der Waals surface area (Å²) < 4.78 is 23.3. The van der Waals surface area contributed by atoms with Crippen LogP contribution in [0.1, 0.15) is 21.5 Å². The third-order valence-corrected chi connectivity index (χ3v) is 3.39. The van der Waals surface area contributed by atoms with Crippen molar-refractivity contribution in [3.8, 4) is 11.5 Å². The lowest BCUT2D eigenvalue weighted by molar-refractivity contribution is 0.0951. The lowest BCUT2D eigenvalue weighted by Crippen LogP contribution is -2.23. The highest BCUT2D eigenvalue weighted by Gasteiger charge is 2.10. The number of carbonyl (C=O) groups excluding carboxylic acids is 1. The first-order valence-corrected chi connectivity index (χ1v) is 6.80. The SMILES string of the molecule is COc1cc(C)c(CNC(=O)c2ccc(F)cc2)cc1OC. The Balaban J connectivity index is 2.11. The van der Waals surface area contributed by atoms with Crippen molar-refractivity contribution in [1.82, 2.24) is 5.32 Å². The zero-order chi connectivity index (χ0) is 16.1. The molecule has 0 aromatic heterocycles. The third-order valence-electron chi connectivity index (χ3n) is 3.39. The minimum Gasteiger partial charge on any atom is -0.493 e. The number of carbonyl (C=O) groups is 1. The molecule has 2 rings (SSSR count). The lowest BCUT2D eigenvalue weighted by atomic mass is 10.1. The van der Waals surface area contributed by atoms with Gasteiger partial charge in [0, 0.05) is 12.1 Å². The Morgan fingerprint density at radius 3 is 2.27 bits per heavy atom. The monoisotopic (exact) mass is 303 g/mol. The first-order chi connectivity index (χ1) is 10.5. The van der Waals surface area contributed by atoms with Crippen LogP contribution in [-0.4, -0.2) is 20.1 Å². The number of methoxy groups -OCH3 is 2. The summed E-state index contributed by atoms with van der Waals surface area (Å²) in [7, 11) is 3.14. The van der Waals surface area contributed by atoms with E-state index in [9.17, 15) is 9.18 Å². The maximum Gasteiger partial charge on any atom is 0.251 e. The van der Waals surface area contributed by atoms with Crippen molar-refractivity contribution in [2.45, 2.75) is 13.5 Å². The lowest BCUT2D eigenvalue weighted by Gasteiger charge is -2.13. The van der Waals surface area contributed by atoms with Crippen LogP contribution in [0.4, 0.5) is 4.39 Å². The van der Waals surface area contributed by atoms with Gasteiger partial charge in [-0.3, -0.25) is 4.79 Å². The Labute approximate surface area is 128 Å². The van der Waals surface area contributed by atoms with Crippen molar-refractivity contribution in [3.05, 3.63) is 58.9 Å². The topological polar surface area (TPSA) is 47.6 Å². The normalized spacial score (nSPS) is 10.2. The second kappa shape index (κ2) is 6.93. The van der Waals surface area contributed by atoms with E-state index in [4.69, 9.17) is 9.47 Å². The highest BCUT2D eigenvalue weighted by atomic mass is 19.1. The van der Waals surface area contributed by atoms with Gasteiger partial charge in [-0.15, -0.1) is 0 Å². The van der Waals surface area contributed by atoms with Gasteiger partial charge in [0.25, 0.3) is 5.91 Å². The average molecular weight is 303 g/mol. The fourth-order valence-corrected chi connectivity index (χ4v) is 2.09. The van der Waals surface area contributed by atoms with Gasteiger partial charge in [0.2, 0.25) is 0 Å². The molecule has 116 valence electrons. The molecule has 0 aliphatic heterocycles. The number of hydrogen-bond donors (Lipinski definition) is 1. The number of nitrogens with one attached hydrogen (secondary N) is 1. The van der Waals surface area contributed by atoms with Gasteiger partial charge in [0.05, 0.1) is 14.2 Å². The Hall–Kier alpha value is -2.56. The van der Waals surface area contributed by atoms with Crippen molar-refractivity contribution in [2.75, 3.05) is 14.2 Å². The molecule has 0 spiro atoms. The van der Waals surface area contributed by atoms with Crippen LogP contribution in [0.3, 0.4) is 0 Å². The number of aryl methyl sites for hydroxylation is 1. The molecule has 2 aromatic carbocycles. The van der Waals surface area contributed by atoms with Crippen LogP contribution in [0.25, 0.3) is 0 Å². The predicted octanol–water partition coefficient (Wildman–Crippen LogP) is 3.08. The maximum atomic E-state index is 12.9. The highest BCUT2D eigenvalue weighted by Crippen LogP contribution is 2.30. The second-order valence-electron chi connectivity index (χ2n) is 4.82. The van der Waals surface area contributed by atoms with Gasteiger partial charge in [-0.1, -0.05) is 0 Å². The van der Waals surface area contributed by atoms with Crippen LogP contribution in [0, 0.1) is 12.7 Å². The van der Waals surface area contributed by atoms with Crippen LogP contribution < -0.4 is 14.8 Å². The van der Waals surface area contributed by atoms with E-state index in [1.165, 1.54) is 24.3 Å². The van der Waals surface area contributed by atoms with Crippen LogP contribution in [0.15, 0.2) is 36.4 Å². The number of halogens is 1. The van der Waals surface area contributed by atoms with Crippen molar-refractivity contribution in [2.24, 2.45) is 0 Å². The fraction of sp³-hybridized carbons (Fsp3) is 0.235. The summed E-state index contributed by atoms with van der Waals surface area (Å²) in [6, 6.07) is 9.11. The van der Waals surface area contributed by atoms with Gasteiger partial charge in [0.1, 0.15) is 5.82 Å². The molecule has 22 heavy (non-hydrogen) atoms. The molecule has 0 aliphatic rings. The molecular formula is C17H18FNO3. The van der Waals surface area contributed by atoms with Crippen LogP contribution >= 0.6 is 0 Å². The summed E-state index contributed by atoms with van der Waals surface area (Å²) in [5.74, 6) is 0.634. The number of benzene rings is 2. The van der Waals surface area contributed by atoms with E-state index in [-0.39, 0.29) is 11.7 Å². The van der Waals surface area contributed by atoms with Crippen molar-refractivity contribution < 1.29 is 18.7 Å². The molecule has 0 saturated heterocycles. The Bertz CT molecular complexity index is 668. The molecule has 2 aromatic rings. The molecule has 0 bridgehead atoms. The molecule has 0 radical (unpaired) electrons. The molecule has 1 amide bonds. The van der Waals surface area contributed by atoms with Gasteiger partial charge in [-0.25, -0.2) is 4.39 Å². The quantitative estimate of drug-likeness (QED) is 0.923. The minimum atomic E-state index is -0.368. The van der Waals surface area contributed by atoms with Gasteiger partial charge in [0.15, 0.2) is 11.5 Å². The summed E-state index contributed by atoms with van der Waals surface area (Å²) in [5.41, 5.74) is 2.32. The van der Waals surface area contributed by atoms with Gasteiger partial charge in [-0.05, 0) is 54.4 Å². The number of ether oxygens (including phenoxy) is 2. The van der Waals surface area contributed by atoms with Crippen molar-refractivity contribution in [1.29, 1.82) is 0 Å². The van der Waals surface area contributed by atoms with Gasteiger partial charge >= 0.3 is 0 Å². The molecule has 1 N–H and O–H groups in total. The summed E-state index contributed by atoms with van der Waals surface area (Å²) in [4.78, 5) is 12.0. The average Bonchev–Trinajstić information content (AvgIpc) is 2.53. The highest BCUT2D eigenvalue weighted by molar-refractivity contribution is 5.94. The molecule has 0 aliphatic carbocycles. The summed E-state index contributed by atoms with van der Waals surface area (Å²) in [5, 5.41) is 2.81. The summed E-state index contributed by atoms with van der Waals surface area (Å²) in [6.45, 7) is 2.28. The minimum absolute atomic E-state index is 0.255. The van der Waals surface area contributed by atoms with Crippen LogP contribution in [0.5, 0.6) is 11.5 Å². The Kier molecular flexibility index (Phi) is 4.99. The molecule has 0 atom stereocenters. The molecule has 0 saturated carbocycles. The van der Waals surface area contributed by atoms with Gasteiger partial charge in [-0.2, -0.15) is 0 Å². The molecule has 0 fully saturated rings. The number of amides is 1. The number of hydrogen-bond acceptors (Lipinski definition) is 3.